The van der Waals surface area contributed by atoms with Crippen LogP contribution in [0.4, 0.5) is 11.4 Å². The van der Waals surface area contributed by atoms with Crippen LogP contribution >= 0.6 is 12.2 Å². The SMILES string of the molecule is CCn1c(C)cc([C@H]2[C@@H](c3ccccn3)NC(=S)N2c2ccc(NC(C)=O)cc2)c1C. The van der Waals surface area contributed by atoms with Gasteiger partial charge in [0.2, 0.25) is 5.91 Å². The van der Waals surface area contributed by atoms with Crippen molar-refractivity contribution in [1.29, 1.82) is 0 Å². The number of carbonyl (C=O) groups excluding carboxylic acids is 1. The van der Waals surface area contributed by atoms with E-state index in [1.807, 2.05) is 48.7 Å². The van der Waals surface area contributed by atoms with Gasteiger partial charge in [0, 0.05) is 42.4 Å². The van der Waals surface area contributed by atoms with Crippen LogP contribution in [0.25, 0.3) is 0 Å². The van der Waals surface area contributed by atoms with Crippen LogP contribution in [0.1, 0.15) is 48.6 Å². The molecule has 2 N–H and O–H groups in total. The van der Waals surface area contributed by atoms with Crippen LogP contribution < -0.4 is 15.5 Å². The van der Waals surface area contributed by atoms with Gasteiger partial charge in [-0.3, -0.25) is 9.78 Å². The first-order valence-corrected chi connectivity index (χ1v) is 10.9. The van der Waals surface area contributed by atoms with E-state index in [1.54, 1.807) is 0 Å². The van der Waals surface area contributed by atoms with Gasteiger partial charge >= 0.3 is 0 Å². The van der Waals surface area contributed by atoms with Gasteiger partial charge in [-0.1, -0.05) is 6.07 Å². The van der Waals surface area contributed by atoms with Crippen LogP contribution in [0.3, 0.4) is 0 Å². The van der Waals surface area contributed by atoms with E-state index in [4.69, 9.17) is 12.2 Å². The first-order valence-electron chi connectivity index (χ1n) is 10.5. The van der Waals surface area contributed by atoms with Crippen LogP contribution in [0.2, 0.25) is 0 Å². The quantitative estimate of drug-likeness (QED) is 0.573. The Morgan fingerprint density at radius 1 is 1.19 bits per heavy atom. The summed E-state index contributed by atoms with van der Waals surface area (Å²) in [5.41, 5.74) is 6.38. The molecule has 1 aliphatic heterocycles. The molecular formula is C24H27N5OS. The number of thiocarbonyl (C=S) groups is 1. The molecule has 1 fully saturated rings. The highest BCUT2D eigenvalue weighted by Gasteiger charge is 2.42. The number of amides is 1. The lowest BCUT2D eigenvalue weighted by atomic mass is 9.96. The van der Waals surface area contributed by atoms with Crippen molar-refractivity contribution in [2.45, 2.75) is 46.3 Å². The van der Waals surface area contributed by atoms with Crippen molar-refractivity contribution in [3.05, 3.63) is 77.4 Å². The van der Waals surface area contributed by atoms with E-state index in [9.17, 15) is 4.79 Å². The van der Waals surface area contributed by atoms with E-state index in [2.05, 4.69) is 51.9 Å². The maximum Gasteiger partial charge on any atom is 0.221 e. The Balaban J connectivity index is 1.81. The summed E-state index contributed by atoms with van der Waals surface area (Å²) < 4.78 is 2.32. The second kappa shape index (κ2) is 8.51. The number of nitrogens with one attached hydrogen (secondary N) is 2. The van der Waals surface area contributed by atoms with Crippen molar-refractivity contribution >= 4 is 34.6 Å². The second-order valence-corrected chi connectivity index (χ2v) is 8.18. The zero-order chi connectivity index (χ0) is 22.1. The fraction of sp³-hybridized carbons (Fsp3) is 0.292. The lowest BCUT2D eigenvalue weighted by Crippen LogP contribution is -2.29. The van der Waals surface area contributed by atoms with Crippen molar-refractivity contribution in [2.24, 2.45) is 0 Å². The highest BCUT2D eigenvalue weighted by atomic mass is 32.1. The van der Waals surface area contributed by atoms with E-state index in [-0.39, 0.29) is 18.0 Å². The third kappa shape index (κ3) is 3.93. The molecule has 0 aliphatic carbocycles. The summed E-state index contributed by atoms with van der Waals surface area (Å²) in [4.78, 5) is 18.2. The standard InChI is InChI=1S/C24H27N5OS/c1-5-28-15(2)14-20(16(28)3)23-22(21-8-6-7-13-25-21)27-24(31)29(23)19-11-9-18(10-12-19)26-17(4)30/h6-14,22-23H,5H2,1-4H3,(H,26,30)(H,27,31)/t22-,23+/m1/s1. The molecule has 7 heteroatoms. The van der Waals surface area contributed by atoms with Crippen molar-refractivity contribution in [3.63, 3.8) is 0 Å². The number of aryl methyl sites for hydroxylation is 1. The van der Waals surface area contributed by atoms with Crippen molar-refractivity contribution in [2.75, 3.05) is 10.2 Å². The zero-order valence-electron chi connectivity index (χ0n) is 18.2. The van der Waals surface area contributed by atoms with Crippen LogP contribution in [0.15, 0.2) is 54.7 Å². The monoisotopic (exact) mass is 433 g/mol. The predicted molar refractivity (Wildman–Crippen MR) is 128 cm³/mol. The third-order valence-corrected chi connectivity index (χ3v) is 6.13. The summed E-state index contributed by atoms with van der Waals surface area (Å²) in [5.74, 6) is -0.0915. The summed E-state index contributed by atoms with van der Waals surface area (Å²) in [6, 6.07) is 15.9. The van der Waals surface area contributed by atoms with Crippen LogP contribution in [0, 0.1) is 13.8 Å². The Kier molecular flexibility index (Phi) is 5.78. The molecule has 0 unspecified atom stereocenters. The van der Waals surface area contributed by atoms with E-state index >= 15 is 0 Å². The largest absolute Gasteiger partial charge is 0.351 e. The van der Waals surface area contributed by atoms with Crippen LogP contribution in [-0.4, -0.2) is 20.6 Å². The van der Waals surface area contributed by atoms with E-state index in [0.29, 0.717) is 5.11 Å². The fourth-order valence-electron chi connectivity index (χ4n) is 4.47. The highest BCUT2D eigenvalue weighted by molar-refractivity contribution is 7.80. The molecule has 0 radical (unpaired) electrons. The first-order chi connectivity index (χ1) is 14.9. The minimum Gasteiger partial charge on any atom is -0.351 e. The van der Waals surface area contributed by atoms with Crippen molar-refractivity contribution < 1.29 is 4.79 Å². The number of carbonyl (C=O) groups is 1. The average Bonchev–Trinajstić information content (AvgIpc) is 3.24. The van der Waals surface area contributed by atoms with Gasteiger partial charge in [0.1, 0.15) is 0 Å². The molecule has 2 atom stereocenters. The number of hydrogen-bond donors (Lipinski definition) is 2. The first kappa shape index (κ1) is 21.1. The predicted octanol–water partition coefficient (Wildman–Crippen LogP) is 4.66. The van der Waals surface area contributed by atoms with Gasteiger partial charge in [-0.05, 0) is 81.0 Å². The van der Waals surface area contributed by atoms with Gasteiger partial charge in [-0.25, -0.2) is 0 Å². The molecule has 160 valence electrons. The molecule has 3 heterocycles. The van der Waals surface area contributed by atoms with E-state index < -0.39 is 0 Å². The number of aromatic nitrogens is 2. The maximum atomic E-state index is 11.4. The fourth-order valence-corrected chi connectivity index (χ4v) is 4.82. The number of anilines is 2. The summed E-state index contributed by atoms with van der Waals surface area (Å²) >= 11 is 5.80. The Morgan fingerprint density at radius 2 is 1.94 bits per heavy atom. The van der Waals surface area contributed by atoms with E-state index in [1.165, 1.54) is 23.9 Å². The number of hydrogen-bond acceptors (Lipinski definition) is 3. The molecule has 6 nitrogen and oxygen atoms in total. The summed E-state index contributed by atoms with van der Waals surface area (Å²) in [6.45, 7) is 8.90. The molecular weight excluding hydrogens is 406 g/mol. The number of nitrogens with zero attached hydrogens (tertiary/aromatic N) is 3. The number of rotatable bonds is 5. The van der Waals surface area contributed by atoms with Gasteiger partial charge in [0.05, 0.1) is 17.8 Å². The smallest absolute Gasteiger partial charge is 0.221 e. The van der Waals surface area contributed by atoms with Crippen LogP contribution in [0.5, 0.6) is 0 Å². The van der Waals surface area contributed by atoms with Gasteiger partial charge in [0.15, 0.2) is 5.11 Å². The normalized spacial score (nSPS) is 18.2. The minimum absolute atomic E-state index is 0.0412. The number of benzene rings is 1. The van der Waals surface area contributed by atoms with Gasteiger partial charge in [-0.2, -0.15) is 0 Å². The second-order valence-electron chi connectivity index (χ2n) is 7.80. The van der Waals surface area contributed by atoms with E-state index in [0.717, 1.165) is 23.6 Å². The zero-order valence-corrected chi connectivity index (χ0v) is 19.0. The molecule has 1 amide bonds. The Hall–Kier alpha value is -3.19. The Morgan fingerprint density at radius 3 is 2.52 bits per heavy atom. The average molecular weight is 434 g/mol. The summed E-state index contributed by atoms with van der Waals surface area (Å²) in [7, 11) is 0. The Bertz CT molecular complexity index is 1110. The summed E-state index contributed by atoms with van der Waals surface area (Å²) in [5, 5.41) is 6.98. The maximum absolute atomic E-state index is 11.4. The van der Waals surface area contributed by atoms with Gasteiger partial charge in [-0.15, -0.1) is 0 Å². The molecule has 3 aromatic rings. The summed E-state index contributed by atoms with van der Waals surface area (Å²) in [6.07, 6.45) is 1.82. The molecule has 0 bridgehead atoms. The van der Waals surface area contributed by atoms with Crippen molar-refractivity contribution in [1.82, 2.24) is 14.9 Å². The topological polar surface area (TPSA) is 62.2 Å². The molecule has 0 saturated carbocycles. The molecule has 0 spiro atoms. The lowest BCUT2D eigenvalue weighted by Gasteiger charge is -2.28. The minimum atomic E-state index is -0.0915. The molecule has 1 aliphatic rings. The molecule has 1 saturated heterocycles. The highest BCUT2D eigenvalue weighted by Crippen LogP contribution is 2.43. The van der Waals surface area contributed by atoms with Crippen molar-refractivity contribution in [3.8, 4) is 0 Å². The molecule has 31 heavy (non-hydrogen) atoms. The van der Waals surface area contributed by atoms with Gasteiger partial charge in [0.25, 0.3) is 0 Å². The third-order valence-electron chi connectivity index (χ3n) is 5.81. The lowest BCUT2D eigenvalue weighted by molar-refractivity contribution is -0.114. The van der Waals surface area contributed by atoms with Gasteiger partial charge < -0.3 is 20.1 Å². The Labute approximate surface area is 188 Å². The number of pyridine rings is 1. The van der Waals surface area contributed by atoms with Crippen LogP contribution in [-0.2, 0) is 11.3 Å². The molecule has 2 aromatic heterocycles. The molecule has 1 aromatic carbocycles. The molecule has 4 rings (SSSR count).